The molecule has 1 aliphatic heterocycles. The smallest absolute Gasteiger partial charge is 0.274 e. The second-order valence-electron chi connectivity index (χ2n) is 7.08. The van der Waals surface area contributed by atoms with Crippen molar-refractivity contribution in [3.05, 3.63) is 78.4 Å². The highest BCUT2D eigenvalue weighted by atomic mass is 19.1. The topological polar surface area (TPSA) is 57.3 Å². The number of halogens is 1. The molecule has 1 saturated heterocycles. The van der Waals surface area contributed by atoms with Gasteiger partial charge in [-0.15, -0.1) is 0 Å². The molecule has 1 aliphatic rings. The van der Waals surface area contributed by atoms with Crippen molar-refractivity contribution in [2.45, 2.75) is 19.3 Å². The van der Waals surface area contributed by atoms with E-state index in [1.54, 1.807) is 30.5 Å². The zero-order valence-corrected chi connectivity index (χ0v) is 16.1. The molecular weight excluding hydrogens is 367 g/mol. The lowest BCUT2D eigenvalue weighted by atomic mass is 10.1. The van der Waals surface area contributed by atoms with Gasteiger partial charge in [-0.3, -0.25) is 9.78 Å². The third-order valence-corrected chi connectivity index (χ3v) is 4.99. The summed E-state index contributed by atoms with van der Waals surface area (Å²) in [5.74, 6) is -0.942. The van der Waals surface area contributed by atoms with E-state index in [0.29, 0.717) is 0 Å². The highest BCUT2D eigenvalue weighted by Gasteiger charge is 2.12. The summed E-state index contributed by atoms with van der Waals surface area (Å²) in [6.45, 7) is 2.22. The van der Waals surface area contributed by atoms with E-state index < -0.39 is 11.7 Å². The van der Waals surface area contributed by atoms with Crippen LogP contribution in [0.25, 0.3) is 0 Å². The van der Waals surface area contributed by atoms with Crippen LogP contribution in [-0.4, -0.2) is 24.0 Å². The number of carbonyl (C=O) groups excluding carboxylic acids is 1. The van der Waals surface area contributed by atoms with Crippen molar-refractivity contribution >= 4 is 28.7 Å². The zero-order chi connectivity index (χ0) is 20.1. The molecule has 2 aromatic carbocycles. The van der Waals surface area contributed by atoms with Crippen LogP contribution in [0.1, 0.15) is 29.8 Å². The Balaban J connectivity index is 1.43. The van der Waals surface area contributed by atoms with Crippen molar-refractivity contribution in [3.8, 4) is 0 Å². The first kappa shape index (κ1) is 18.9. The molecule has 6 heteroatoms. The molecule has 0 aliphatic carbocycles. The number of nitrogens with one attached hydrogen (secondary N) is 2. The summed E-state index contributed by atoms with van der Waals surface area (Å²) in [4.78, 5) is 18.9. The van der Waals surface area contributed by atoms with E-state index in [2.05, 4.69) is 32.7 Å². The first-order chi connectivity index (χ1) is 14.2. The number of para-hydroxylation sites is 1. The van der Waals surface area contributed by atoms with E-state index in [0.717, 1.165) is 24.5 Å². The predicted octanol–water partition coefficient (Wildman–Crippen LogP) is 5.21. The van der Waals surface area contributed by atoms with Gasteiger partial charge in [0.1, 0.15) is 11.5 Å². The first-order valence-electron chi connectivity index (χ1n) is 9.83. The minimum atomic E-state index is -0.482. The maximum absolute atomic E-state index is 13.7. The van der Waals surface area contributed by atoms with Crippen LogP contribution in [0.4, 0.5) is 27.1 Å². The van der Waals surface area contributed by atoms with Gasteiger partial charge in [0.15, 0.2) is 0 Å². The minimum Gasteiger partial charge on any atom is -0.372 e. The Kier molecular flexibility index (Phi) is 5.70. The third-order valence-electron chi connectivity index (χ3n) is 4.99. The van der Waals surface area contributed by atoms with Crippen LogP contribution in [-0.2, 0) is 0 Å². The summed E-state index contributed by atoms with van der Waals surface area (Å²) in [7, 11) is 0. The van der Waals surface area contributed by atoms with Gasteiger partial charge in [0.2, 0.25) is 0 Å². The molecular formula is C23H23FN4O. The highest BCUT2D eigenvalue weighted by Crippen LogP contribution is 2.24. The fourth-order valence-corrected chi connectivity index (χ4v) is 3.46. The van der Waals surface area contributed by atoms with Crippen LogP contribution >= 0.6 is 0 Å². The van der Waals surface area contributed by atoms with Crippen LogP contribution in [0.3, 0.4) is 0 Å². The molecule has 0 bridgehead atoms. The molecule has 1 fully saturated rings. The van der Waals surface area contributed by atoms with E-state index in [1.165, 1.54) is 37.1 Å². The number of hydrogen-bond donors (Lipinski definition) is 2. The first-order valence-corrected chi connectivity index (χ1v) is 9.83. The number of amides is 1. The Hall–Kier alpha value is -3.41. The van der Waals surface area contributed by atoms with Gasteiger partial charge in [0.25, 0.3) is 5.91 Å². The molecule has 0 atom stereocenters. The molecule has 1 aromatic heterocycles. The fourth-order valence-electron chi connectivity index (χ4n) is 3.46. The van der Waals surface area contributed by atoms with Crippen molar-refractivity contribution < 1.29 is 9.18 Å². The molecule has 0 unspecified atom stereocenters. The Morgan fingerprint density at radius 2 is 1.69 bits per heavy atom. The maximum atomic E-state index is 13.7. The lowest BCUT2D eigenvalue weighted by Gasteiger charge is -2.28. The Morgan fingerprint density at radius 3 is 2.45 bits per heavy atom. The van der Waals surface area contributed by atoms with Crippen LogP contribution in [0.5, 0.6) is 0 Å². The SMILES string of the molecule is O=C(Nc1ccccc1F)c1cc(Nc2ccc(N3CCCCC3)cc2)ccn1. The van der Waals surface area contributed by atoms with Gasteiger partial charge in [-0.05, 0) is 67.8 Å². The molecule has 5 nitrogen and oxygen atoms in total. The van der Waals surface area contributed by atoms with Crippen LogP contribution in [0, 0.1) is 5.82 Å². The van der Waals surface area contributed by atoms with Gasteiger partial charge in [-0.1, -0.05) is 12.1 Å². The average molecular weight is 390 g/mol. The number of pyridine rings is 1. The zero-order valence-electron chi connectivity index (χ0n) is 16.1. The summed E-state index contributed by atoms with van der Waals surface area (Å²) >= 11 is 0. The van der Waals surface area contributed by atoms with Crippen molar-refractivity contribution in [1.29, 1.82) is 0 Å². The Labute approximate surface area is 169 Å². The molecule has 0 spiro atoms. The number of nitrogens with zero attached hydrogens (tertiary/aromatic N) is 2. The van der Waals surface area contributed by atoms with Crippen LogP contribution in [0.15, 0.2) is 66.9 Å². The van der Waals surface area contributed by atoms with E-state index >= 15 is 0 Å². The van der Waals surface area contributed by atoms with Gasteiger partial charge in [-0.25, -0.2) is 4.39 Å². The molecule has 2 heterocycles. The van der Waals surface area contributed by atoms with E-state index in [-0.39, 0.29) is 11.4 Å². The molecule has 0 saturated carbocycles. The van der Waals surface area contributed by atoms with E-state index in [1.807, 2.05) is 12.1 Å². The quantitative estimate of drug-likeness (QED) is 0.628. The van der Waals surface area contributed by atoms with Crippen molar-refractivity contribution in [3.63, 3.8) is 0 Å². The largest absolute Gasteiger partial charge is 0.372 e. The molecule has 29 heavy (non-hydrogen) atoms. The molecule has 3 aromatic rings. The Morgan fingerprint density at radius 1 is 0.931 bits per heavy atom. The lowest BCUT2D eigenvalue weighted by molar-refractivity contribution is 0.102. The summed E-state index contributed by atoms with van der Waals surface area (Å²) in [6, 6.07) is 17.8. The van der Waals surface area contributed by atoms with Gasteiger partial charge in [0, 0.05) is 36.3 Å². The summed E-state index contributed by atoms with van der Waals surface area (Å²) in [5, 5.41) is 5.84. The number of rotatable bonds is 5. The number of carbonyl (C=O) groups is 1. The molecule has 148 valence electrons. The fraction of sp³-hybridized carbons (Fsp3) is 0.217. The van der Waals surface area contributed by atoms with Gasteiger partial charge in [0.05, 0.1) is 5.69 Å². The number of anilines is 4. The monoisotopic (exact) mass is 390 g/mol. The normalized spacial score (nSPS) is 13.8. The van der Waals surface area contributed by atoms with E-state index in [9.17, 15) is 9.18 Å². The summed E-state index contributed by atoms with van der Waals surface area (Å²) < 4.78 is 13.7. The van der Waals surface area contributed by atoms with Crippen molar-refractivity contribution in [2.75, 3.05) is 28.6 Å². The predicted molar refractivity (Wildman–Crippen MR) is 114 cm³/mol. The number of piperidine rings is 1. The number of benzene rings is 2. The average Bonchev–Trinajstić information content (AvgIpc) is 2.77. The molecule has 2 N–H and O–H groups in total. The van der Waals surface area contributed by atoms with Gasteiger partial charge >= 0.3 is 0 Å². The summed E-state index contributed by atoms with van der Waals surface area (Å²) in [5.41, 5.74) is 3.24. The van der Waals surface area contributed by atoms with Gasteiger partial charge < -0.3 is 15.5 Å². The third kappa shape index (κ3) is 4.71. The highest BCUT2D eigenvalue weighted by molar-refractivity contribution is 6.03. The Bertz CT molecular complexity index is 984. The number of aromatic nitrogens is 1. The standard InChI is InChI=1S/C23H23FN4O/c24-20-6-2-3-7-21(20)27-23(29)22-16-18(12-13-25-22)26-17-8-10-19(11-9-17)28-14-4-1-5-15-28/h2-3,6-13,16H,1,4-5,14-15H2,(H,25,26)(H,27,29). The second-order valence-corrected chi connectivity index (χ2v) is 7.08. The van der Waals surface area contributed by atoms with Crippen LogP contribution in [0.2, 0.25) is 0 Å². The minimum absolute atomic E-state index is 0.131. The van der Waals surface area contributed by atoms with Gasteiger partial charge in [-0.2, -0.15) is 0 Å². The van der Waals surface area contributed by atoms with Crippen LogP contribution < -0.4 is 15.5 Å². The van der Waals surface area contributed by atoms with E-state index in [4.69, 9.17) is 0 Å². The lowest BCUT2D eigenvalue weighted by Crippen LogP contribution is -2.29. The molecule has 0 radical (unpaired) electrons. The molecule has 1 amide bonds. The van der Waals surface area contributed by atoms with Crippen molar-refractivity contribution in [1.82, 2.24) is 4.98 Å². The second kappa shape index (κ2) is 8.73. The van der Waals surface area contributed by atoms with Crippen molar-refractivity contribution in [2.24, 2.45) is 0 Å². The number of hydrogen-bond acceptors (Lipinski definition) is 4. The summed E-state index contributed by atoms with van der Waals surface area (Å²) in [6.07, 6.45) is 5.36. The molecule has 4 rings (SSSR count). The maximum Gasteiger partial charge on any atom is 0.274 e.